The molecule has 0 bridgehead atoms. The second-order valence-corrected chi connectivity index (χ2v) is 7.79. The number of β-amino-alcohol motifs (C(OH)–C–C–N with tert-alkyl or cyclic N) is 1. The topological polar surface area (TPSA) is 74.7 Å². The van der Waals surface area contributed by atoms with Gasteiger partial charge in [0.2, 0.25) is 5.88 Å². The molecule has 144 valence electrons. The molecular formula is C20H24ClN3O3. The Morgan fingerprint density at radius 1 is 1.44 bits per heavy atom. The van der Waals surface area contributed by atoms with Gasteiger partial charge in [-0.1, -0.05) is 23.7 Å². The number of nitrogens with zero attached hydrogens (tertiary/aromatic N) is 2. The van der Waals surface area contributed by atoms with Gasteiger partial charge in [0.1, 0.15) is 5.02 Å². The van der Waals surface area contributed by atoms with Gasteiger partial charge < -0.3 is 15.2 Å². The first kappa shape index (κ1) is 19.6. The summed E-state index contributed by atoms with van der Waals surface area (Å²) in [4.78, 5) is 18.9. The lowest BCUT2D eigenvalue weighted by molar-refractivity contribution is 0.0318. The molecule has 3 rings (SSSR count). The maximum Gasteiger partial charge on any atom is 0.257 e. The SMILES string of the molecule is COc1ncc(C(=O)Nc2cccc3c2CCN(CC(C)(C)O)C3)cc1Cl. The second kappa shape index (κ2) is 7.84. The molecule has 0 unspecified atom stereocenters. The molecule has 2 N–H and O–H groups in total. The Kier molecular flexibility index (Phi) is 5.69. The van der Waals surface area contributed by atoms with Gasteiger partial charge in [-0.25, -0.2) is 4.98 Å². The number of hydrogen-bond donors (Lipinski definition) is 2. The molecule has 1 aliphatic rings. The molecule has 0 radical (unpaired) electrons. The van der Waals surface area contributed by atoms with Crippen LogP contribution in [0.25, 0.3) is 0 Å². The second-order valence-electron chi connectivity index (χ2n) is 7.39. The van der Waals surface area contributed by atoms with Crippen LogP contribution in [0, 0.1) is 0 Å². The molecule has 27 heavy (non-hydrogen) atoms. The third-order valence-electron chi connectivity index (χ3n) is 4.47. The first-order valence-electron chi connectivity index (χ1n) is 8.83. The summed E-state index contributed by atoms with van der Waals surface area (Å²) in [6, 6.07) is 7.44. The molecule has 2 heterocycles. The van der Waals surface area contributed by atoms with Gasteiger partial charge in [0.05, 0.1) is 18.3 Å². The van der Waals surface area contributed by atoms with E-state index in [1.165, 1.54) is 13.3 Å². The number of ether oxygens (including phenoxy) is 1. The van der Waals surface area contributed by atoms with Gasteiger partial charge >= 0.3 is 0 Å². The quantitative estimate of drug-likeness (QED) is 0.821. The van der Waals surface area contributed by atoms with E-state index in [4.69, 9.17) is 16.3 Å². The summed E-state index contributed by atoms with van der Waals surface area (Å²) >= 11 is 6.07. The Morgan fingerprint density at radius 3 is 2.89 bits per heavy atom. The number of rotatable bonds is 5. The zero-order chi connectivity index (χ0) is 19.6. The monoisotopic (exact) mass is 389 g/mol. The van der Waals surface area contributed by atoms with E-state index < -0.39 is 5.60 Å². The summed E-state index contributed by atoms with van der Waals surface area (Å²) in [5.41, 5.74) is 2.73. The Bertz CT molecular complexity index is 849. The number of anilines is 1. The van der Waals surface area contributed by atoms with Crippen LogP contribution in [0.4, 0.5) is 5.69 Å². The first-order chi connectivity index (χ1) is 12.8. The number of amides is 1. The number of benzene rings is 1. The van der Waals surface area contributed by atoms with Crippen molar-refractivity contribution < 1.29 is 14.6 Å². The van der Waals surface area contributed by atoms with Crippen molar-refractivity contribution in [2.24, 2.45) is 0 Å². The predicted molar refractivity (Wildman–Crippen MR) is 105 cm³/mol. The summed E-state index contributed by atoms with van der Waals surface area (Å²) in [6.45, 7) is 5.82. The van der Waals surface area contributed by atoms with E-state index in [0.29, 0.717) is 17.1 Å². The van der Waals surface area contributed by atoms with Gasteiger partial charge in [0, 0.05) is 31.5 Å². The molecule has 1 aromatic heterocycles. The molecule has 0 saturated carbocycles. The van der Waals surface area contributed by atoms with Crippen molar-refractivity contribution in [3.05, 3.63) is 52.2 Å². The highest BCUT2D eigenvalue weighted by Crippen LogP contribution is 2.28. The molecule has 0 aliphatic carbocycles. The number of methoxy groups -OCH3 is 1. The van der Waals surface area contributed by atoms with E-state index in [2.05, 4.69) is 21.3 Å². The van der Waals surface area contributed by atoms with E-state index >= 15 is 0 Å². The van der Waals surface area contributed by atoms with Crippen LogP contribution in [0.1, 0.15) is 35.3 Å². The third-order valence-corrected chi connectivity index (χ3v) is 4.74. The number of aliphatic hydroxyl groups is 1. The fraction of sp³-hybridized carbons (Fsp3) is 0.400. The van der Waals surface area contributed by atoms with Gasteiger partial charge in [-0.2, -0.15) is 0 Å². The number of nitrogens with one attached hydrogen (secondary N) is 1. The van der Waals surface area contributed by atoms with Crippen molar-refractivity contribution in [2.75, 3.05) is 25.5 Å². The number of aromatic nitrogens is 1. The molecule has 6 nitrogen and oxygen atoms in total. The number of fused-ring (bicyclic) bond motifs is 1. The molecule has 0 saturated heterocycles. The van der Waals surface area contributed by atoms with Crippen molar-refractivity contribution in [1.82, 2.24) is 9.88 Å². The fourth-order valence-corrected chi connectivity index (χ4v) is 3.60. The minimum Gasteiger partial charge on any atom is -0.480 e. The van der Waals surface area contributed by atoms with Crippen molar-refractivity contribution in [3.63, 3.8) is 0 Å². The van der Waals surface area contributed by atoms with Crippen LogP contribution in [0.15, 0.2) is 30.5 Å². The average Bonchev–Trinajstić information content (AvgIpc) is 2.60. The molecule has 0 fully saturated rings. The fourth-order valence-electron chi connectivity index (χ4n) is 3.36. The number of pyridine rings is 1. The van der Waals surface area contributed by atoms with Crippen molar-refractivity contribution >= 4 is 23.2 Å². The van der Waals surface area contributed by atoms with Crippen molar-refractivity contribution in [3.8, 4) is 5.88 Å². The average molecular weight is 390 g/mol. The van der Waals surface area contributed by atoms with Crippen LogP contribution < -0.4 is 10.1 Å². The van der Waals surface area contributed by atoms with Crippen LogP contribution in [0.5, 0.6) is 5.88 Å². The van der Waals surface area contributed by atoms with Crippen LogP contribution in [-0.4, -0.2) is 46.7 Å². The van der Waals surface area contributed by atoms with Crippen molar-refractivity contribution in [1.29, 1.82) is 0 Å². The number of carbonyl (C=O) groups is 1. The highest BCUT2D eigenvalue weighted by molar-refractivity contribution is 6.32. The van der Waals surface area contributed by atoms with Gasteiger partial charge in [-0.15, -0.1) is 0 Å². The van der Waals surface area contributed by atoms with Gasteiger partial charge in [0.25, 0.3) is 5.91 Å². The maximum absolute atomic E-state index is 12.6. The lowest BCUT2D eigenvalue weighted by Gasteiger charge is -2.33. The minimum atomic E-state index is -0.732. The minimum absolute atomic E-state index is 0.264. The number of halogens is 1. The van der Waals surface area contributed by atoms with Gasteiger partial charge in [-0.3, -0.25) is 9.69 Å². The number of carbonyl (C=O) groups excluding carboxylic acids is 1. The maximum atomic E-state index is 12.6. The Balaban J connectivity index is 1.76. The lowest BCUT2D eigenvalue weighted by Crippen LogP contribution is -2.41. The standard InChI is InChI=1S/C20H24ClN3O3/c1-20(2,26)12-24-8-7-15-13(11-24)5-4-6-17(15)23-18(25)14-9-16(21)19(27-3)22-10-14/h4-6,9-10,26H,7-8,11-12H2,1-3H3,(H,23,25). The third kappa shape index (κ3) is 4.77. The largest absolute Gasteiger partial charge is 0.480 e. The summed E-state index contributed by atoms with van der Waals surface area (Å²) in [5, 5.41) is 13.3. The van der Waals surface area contributed by atoms with Gasteiger partial charge in [0.15, 0.2) is 0 Å². The van der Waals surface area contributed by atoms with E-state index in [1.807, 2.05) is 26.0 Å². The molecule has 0 spiro atoms. The van der Waals surface area contributed by atoms with Crippen LogP contribution >= 0.6 is 11.6 Å². The molecule has 1 amide bonds. The van der Waals surface area contributed by atoms with E-state index in [-0.39, 0.29) is 11.8 Å². The van der Waals surface area contributed by atoms with E-state index in [0.717, 1.165) is 36.3 Å². The van der Waals surface area contributed by atoms with Crippen LogP contribution in [0.2, 0.25) is 5.02 Å². The van der Waals surface area contributed by atoms with Gasteiger partial charge in [-0.05, 0) is 43.5 Å². The lowest BCUT2D eigenvalue weighted by atomic mass is 9.96. The Morgan fingerprint density at radius 2 is 2.22 bits per heavy atom. The predicted octanol–water partition coefficient (Wildman–Crippen LogP) is 3.12. The molecule has 1 aromatic carbocycles. The van der Waals surface area contributed by atoms with E-state index in [1.54, 1.807) is 6.07 Å². The smallest absolute Gasteiger partial charge is 0.257 e. The molecular weight excluding hydrogens is 366 g/mol. The summed E-state index contributed by atoms with van der Waals surface area (Å²) in [7, 11) is 1.48. The molecule has 0 atom stereocenters. The summed E-state index contributed by atoms with van der Waals surface area (Å²) < 4.78 is 5.02. The molecule has 2 aromatic rings. The first-order valence-corrected chi connectivity index (χ1v) is 9.21. The summed E-state index contributed by atoms with van der Waals surface area (Å²) in [5.74, 6) is 0.0246. The molecule has 7 heteroatoms. The highest BCUT2D eigenvalue weighted by atomic mass is 35.5. The zero-order valence-electron chi connectivity index (χ0n) is 15.8. The number of hydrogen-bond acceptors (Lipinski definition) is 5. The summed E-state index contributed by atoms with van der Waals surface area (Å²) in [6.07, 6.45) is 2.25. The van der Waals surface area contributed by atoms with E-state index in [9.17, 15) is 9.90 Å². The highest BCUT2D eigenvalue weighted by Gasteiger charge is 2.24. The van der Waals surface area contributed by atoms with Crippen molar-refractivity contribution in [2.45, 2.75) is 32.4 Å². The normalized spacial score (nSPS) is 14.6. The Hall–Kier alpha value is -2.15. The van der Waals surface area contributed by atoms with Crippen LogP contribution in [0.3, 0.4) is 0 Å². The zero-order valence-corrected chi connectivity index (χ0v) is 16.5. The van der Waals surface area contributed by atoms with Crippen LogP contribution in [-0.2, 0) is 13.0 Å². The molecule has 1 aliphatic heterocycles. The Labute approximate surface area is 164 Å².